The predicted molar refractivity (Wildman–Crippen MR) is 104 cm³/mol. The molecule has 4 N–H and O–H groups in total. The summed E-state index contributed by atoms with van der Waals surface area (Å²) in [7, 11) is 0. The first-order valence-corrected chi connectivity index (χ1v) is 8.75. The number of non-ortho nitro benzene ring substituents is 1. The van der Waals surface area contributed by atoms with E-state index in [0.29, 0.717) is 39.6 Å². The van der Waals surface area contributed by atoms with Gasteiger partial charge in [-0.3, -0.25) is 29.9 Å². The van der Waals surface area contributed by atoms with Gasteiger partial charge in [0.2, 0.25) is 0 Å². The van der Waals surface area contributed by atoms with Crippen LogP contribution in [0.3, 0.4) is 0 Å². The lowest BCUT2D eigenvalue weighted by molar-refractivity contribution is -0.384. The van der Waals surface area contributed by atoms with Crippen LogP contribution in [0, 0.1) is 24.0 Å². The lowest BCUT2D eigenvalue weighted by Gasteiger charge is -2.12. The highest BCUT2D eigenvalue weighted by atomic mass is 16.6. The fraction of sp³-hybridized carbons (Fsp3) is 0.158. The van der Waals surface area contributed by atoms with Crippen molar-refractivity contribution < 1.29 is 9.34 Å². The van der Waals surface area contributed by atoms with E-state index in [1.807, 2.05) is 0 Å². The molecule has 1 aromatic carbocycles. The highest BCUT2D eigenvalue weighted by Crippen LogP contribution is 2.35. The zero-order chi connectivity index (χ0) is 20.7. The second kappa shape index (κ2) is 6.82. The van der Waals surface area contributed by atoms with E-state index >= 15 is 0 Å². The number of furan rings is 1. The number of aromatic amines is 4. The normalized spacial score (nSPS) is 11.3. The maximum atomic E-state index is 12.4. The van der Waals surface area contributed by atoms with E-state index in [1.54, 1.807) is 38.1 Å². The van der Waals surface area contributed by atoms with Gasteiger partial charge in [0.1, 0.15) is 11.5 Å². The van der Waals surface area contributed by atoms with Crippen molar-refractivity contribution in [1.82, 2.24) is 20.4 Å². The van der Waals surface area contributed by atoms with Crippen LogP contribution >= 0.6 is 0 Å². The summed E-state index contributed by atoms with van der Waals surface area (Å²) in [6.07, 6.45) is 0. The molecule has 10 nitrogen and oxygen atoms in total. The van der Waals surface area contributed by atoms with Crippen molar-refractivity contribution in [3.63, 3.8) is 0 Å². The largest absolute Gasteiger partial charge is 0.460 e. The highest BCUT2D eigenvalue weighted by molar-refractivity contribution is 5.61. The molecule has 0 unspecified atom stereocenters. The van der Waals surface area contributed by atoms with E-state index in [2.05, 4.69) is 20.4 Å². The van der Waals surface area contributed by atoms with Crippen LogP contribution in [0.5, 0.6) is 0 Å². The third-order valence-corrected chi connectivity index (χ3v) is 4.85. The SMILES string of the molecule is Cc1[nH][nH]c(=O)c1C(c1ccc(-c2cccc([N+](=O)[O-])c2)o1)c1c(C)[nH][nH]c1=O. The quantitative estimate of drug-likeness (QED) is 0.302. The van der Waals surface area contributed by atoms with Crippen LogP contribution in [-0.2, 0) is 0 Å². The number of nitro benzene ring substituents is 1. The number of aryl methyl sites for hydroxylation is 2. The summed E-state index contributed by atoms with van der Waals surface area (Å²) in [4.78, 5) is 35.5. The average Bonchev–Trinajstić information content (AvgIpc) is 3.39. The molecule has 0 saturated heterocycles. The Bertz CT molecular complexity index is 1260. The molecule has 3 heterocycles. The summed E-state index contributed by atoms with van der Waals surface area (Å²) >= 11 is 0. The molecule has 29 heavy (non-hydrogen) atoms. The number of nitrogens with zero attached hydrogens (tertiary/aromatic N) is 1. The second-order valence-electron chi connectivity index (χ2n) is 6.68. The van der Waals surface area contributed by atoms with Crippen molar-refractivity contribution in [2.75, 3.05) is 0 Å². The number of benzene rings is 1. The number of rotatable bonds is 5. The number of H-pyrrole nitrogens is 4. The Morgan fingerprint density at radius 1 is 0.931 bits per heavy atom. The molecule has 10 heteroatoms. The zero-order valence-corrected chi connectivity index (χ0v) is 15.5. The third-order valence-electron chi connectivity index (χ3n) is 4.85. The second-order valence-corrected chi connectivity index (χ2v) is 6.68. The van der Waals surface area contributed by atoms with Crippen molar-refractivity contribution in [1.29, 1.82) is 0 Å². The van der Waals surface area contributed by atoms with Crippen LogP contribution in [0.25, 0.3) is 11.3 Å². The molecule has 4 aromatic rings. The van der Waals surface area contributed by atoms with Crippen molar-refractivity contribution in [3.8, 4) is 11.3 Å². The third kappa shape index (κ3) is 3.10. The molecule has 0 fully saturated rings. The molecule has 0 aliphatic rings. The first kappa shape index (κ1) is 18.3. The molecule has 0 amide bonds. The van der Waals surface area contributed by atoms with Gasteiger partial charge in [0, 0.05) is 29.1 Å². The minimum atomic E-state index is -0.757. The van der Waals surface area contributed by atoms with Crippen molar-refractivity contribution in [3.05, 3.63) is 95.5 Å². The molecule has 0 aliphatic heterocycles. The summed E-state index contributed by atoms with van der Waals surface area (Å²) in [5, 5.41) is 21.6. The fourth-order valence-electron chi connectivity index (χ4n) is 3.47. The molecule has 4 rings (SSSR count). The average molecular weight is 395 g/mol. The molecule has 0 atom stereocenters. The Hall–Kier alpha value is -4.08. The monoisotopic (exact) mass is 395 g/mol. The van der Waals surface area contributed by atoms with Gasteiger partial charge >= 0.3 is 0 Å². The number of nitro groups is 1. The van der Waals surface area contributed by atoms with E-state index in [4.69, 9.17) is 4.42 Å². The van der Waals surface area contributed by atoms with Crippen molar-refractivity contribution >= 4 is 5.69 Å². The van der Waals surface area contributed by atoms with Crippen molar-refractivity contribution in [2.24, 2.45) is 0 Å². The fourth-order valence-corrected chi connectivity index (χ4v) is 3.47. The maximum Gasteiger partial charge on any atom is 0.270 e. The van der Waals surface area contributed by atoms with E-state index in [1.165, 1.54) is 12.1 Å². The van der Waals surface area contributed by atoms with Gasteiger partial charge in [-0.2, -0.15) is 0 Å². The Morgan fingerprint density at radius 2 is 1.55 bits per heavy atom. The van der Waals surface area contributed by atoms with Gasteiger partial charge in [-0.1, -0.05) is 12.1 Å². The predicted octanol–water partition coefficient (Wildman–Crippen LogP) is 2.68. The molecule has 0 spiro atoms. The molecule has 0 saturated carbocycles. The first-order chi connectivity index (χ1) is 13.9. The topological polar surface area (TPSA) is 154 Å². The van der Waals surface area contributed by atoms with Crippen molar-refractivity contribution in [2.45, 2.75) is 19.8 Å². The van der Waals surface area contributed by atoms with Crippen LogP contribution in [0.15, 0.2) is 50.4 Å². The summed E-state index contributed by atoms with van der Waals surface area (Å²) in [6, 6.07) is 9.37. The van der Waals surface area contributed by atoms with Crippen LogP contribution in [0.1, 0.15) is 34.2 Å². The lowest BCUT2D eigenvalue weighted by Crippen LogP contribution is -2.19. The first-order valence-electron chi connectivity index (χ1n) is 8.75. The molecule has 0 bridgehead atoms. The van der Waals surface area contributed by atoms with Crippen LogP contribution in [0.2, 0.25) is 0 Å². The van der Waals surface area contributed by atoms with E-state index in [-0.39, 0.29) is 16.8 Å². The molecule has 3 aromatic heterocycles. The van der Waals surface area contributed by atoms with Gasteiger partial charge in [-0.05, 0) is 26.0 Å². The molecular weight excluding hydrogens is 378 g/mol. The smallest absolute Gasteiger partial charge is 0.270 e. The van der Waals surface area contributed by atoms with Gasteiger partial charge in [-0.15, -0.1) is 0 Å². The van der Waals surface area contributed by atoms with E-state index in [0.717, 1.165) is 0 Å². The van der Waals surface area contributed by atoms with E-state index in [9.17, 15) is 19.7 Å². The van der Waals surface area contributed by atoms with Gasteiger partial charge < -0.3 is 14.6 Å². The zero-order valence-electron chi connectivity index (χ0n) is 15.5. The molecule has 0 aliphatic carbocycles. The Balaban J connectivity index is 1.88. The summed E-state index contributed by atoms with van der Waals surface area (Å²) in [6.45, 7) is 3.45. The highest BCUT2D eigenvalue weighted by Gasteiger charge is 2.30. The number of nitrogens with one attached hydrogen (secondary N) is 4. The summed E-state index contributed by atoms with van der Waals surface area (Å²) in [5.74, 6) is 0.00305. The van der Waals surface area contributed by atoms with Crippen LogP contribution < -0.4 is 11.1 Å². The number of hydrogen-bond acceptors (Lipinski definition) is 5. The van der Waals surface area contributed by atoms with Crippen LogP contribution in [0.4, 0.5) is 5.69 Å². The van der Waals surface area contributed by atoms with Crippen LogP contribution in [-0.4, -0.2) is 25.3 Å². The van der Waals surface area contributed by atoms with E-state index < -0.39 is 10.8 Å². The molecule has 0 radical (unpaired) electrons. The molecular formula is C19H17N5O5. The Kier molecular flexibility index (Phi) is 4.30. The minimum Gasteiger partial charge on any atom is -0.460 e. The van der Waals surface area contributed by atoms with Gasteiger partial charge in [0.25, 0.3) is 16.8 Å². The Morgan fingerprint density at radius 3 is 2.07 bits per heavy atom. The number of hydrogen-bond donors (Lipinski definition) is 4. The standard InChI is InChI=1S/C19H17N5O5/c1-9-15(18(25)22-20-9)17(16-10(2)21-23-19(16)26)14-7-6-13(29-14)11-4-3-5-12(8-11)24(27)28/h3-8,17H,1-2H3,(H2,20,22,25)(H2,21,23,26). The van der Waals surface area contributed by atoms with Gasteiger partial charge in [0.15, 0.2) is 0 Å². The summed E-state index contributed by atoms with van der Waals surface area (Å²) in [5.41, 5.74) is 1.61. The minimum absolute atomic E-state index is 0.0622. The Labute approximate surface area is 162 Å². The maximum absolute atomic E-state index is 12.4. The number of aromatic nitrogens is 4. The van der Waals surface area contributed by atoms with Gasteiger partial charge in [-0.25, -0.2) is 0 Å². The summed E-state index contributed by atoms with van der Waals surface area (Å²) < 4.78 is 5.98. The van der Waals surface area contributed by atoms with Gasteiger partial charge in [0.05, 0.1) is 22.0 Å². The molecule has 148 valence electrons. The lowest BCUT2D eigenvalue weighted by atomic mass is 9.89.